The van der Waals surface area contributed by atoms with E-state index in [2.05, 4.69) is 4.98 Å². The average molecular weight is 444 g/mol. The lowest BCUT2D eigenvalue weighted by molar-refractivity contribution is -0.136. The maximum atomic E-state index is 11.8. The van der Waals surface area contributed by atoms with Gasteiger partial charge in [-0.05, 0) is 80.3 Å². The molecule has 3 aromatic rings. The van der Waals surface area contributed by atoms with Crippen LogP contribution in [0.5, 0.6) is 0 Å². The zero-order chi connectivity index (χ0) is 23.3. The second-order valence-corrected chi connectivity index (χ2v) is 8.49. The Morgan fingerprint density at radius 3 is 2.19 bits per heavy atom. The fourth-order valence-corrected chi connectivity index (χ4v) is 3.12. The second-order valence-electron chi connectivity index (χ2n) is 8.05. The van der Waals surface area contributed by atoms with E-state index >= 15 is 0 Å². The van der Waals surface area contributed by atoms with Gasteiger partial charge >= 0.3 is 11.9 Å². The Balaban J connectivity index is 0.000000614. The van der Waals surface area contributed by atoms with Crippen LogP contribution in [-0.4, -0.2) is 39.8 Å². The molecule has 1 heterocycles. The topological polar surface area (TPSA) is 96.7 Å². The van der Waals surface area contributed by atoms with Crippen LogP contribution in [0.3, 0.4) is 0 Å². The van der Waals surface area contributed by atoms with Crippen molar-refractivity contribution in [1.29, 1.82) is 0 Å². The molecule has 31 heavy (non-hydrogen) atoms. The number of carboxylic acid groups (broad SMARTS) is 1. The van der Waals surface area contributed by atoms with Crippen LogP contribution < -0.4 is 0 Å². The molecule has 0 saturated heterocycles. The summed E-state index contributed by atoms with van der Waals surface area (Å²) in [7, 11) is 1.30. The monoisotopic (exact) mass is 443 g/mol. The highest BCUT2D eigenvalue weighted by atomic mass is 35.5. The number of carbonyl (C=O) groups is 2. The minimum atomic E-state index is -0.915. The molecule has 0 atom stereocenters. The number of aromatic nitrogens is 1. The Bertz CT molecular complexity index is 1100. The number of pyridine rings is 1. The number of carbonyl (C=O) groups excluding carboxylic acids is 1. The van der Waals surface area contributed by atoms with Crippen molar-refractivity contribution in [1.82, 2.24) is 4.98 Å². The number of nitrogens with zero attached hydrogens (tertiary/aromatic N) is 1. The standard InChI is InChI=1S/C20H16ClNO4.C4H10O/c1-11-9-17-14(7-8-16(22-17)20(25)26-2)19(15(11)10-18(23)24)12-3-5-13(21)6-4-12;1-4(2,3)5/h3-9H,10H2,1-2H3,(H,23,24);5H,1-3H3. The first-order chi connectivity index (χ1) is 14.4. The Morgan fingerprint density at radius 2 is 1.68 bits per heavy atom. The molecule has 6 nitrogen and oxygen atoms in total. The number of hydrogen-bond donors (Lipinski definition) is 2. The van der Waals surface area contributed by atoms with E-state index in [0.29, 0.717) is 16.1 Å². The van der Waals surface area contributed by atoms with Gasteiger partial charge in [0.25, 0.3) is 0 Å². The van der Waals surface area contributed by atoms with Crippen molar-refractivity contribution in [2.45, 2.75) is 39.7 Å². The lowest BCUT2D eigenvalue weighted by atomic mass is 9.90. The molecule has 0 aliphatic rings. The van der Waals surface area contributed by atoms with E-state index in [4.69, 9.17) is 21.4 Å². The molecule has 2 aromatic carbocycles. The van der Waals surface area contributed by atoms with Crippen LogP contribution in [0.15, 0.2) is 42.5 Å². The molecule has 0 amide bonds. The van der Waals surface area contributed by atoms with Gasteiger partial charge in [0.05, 0.1) is 24.6 Å². The van der Waals surface area contributed by atoms with Gasteiger partial charge in [0.1, 0.15) is 5.69 Å². The molecule has 0 saturated carbocycles. The third-order valence-electron chi connectivity index (χ3n) is 4.18. The van der Waals surface area contributed by atoms with Crippen molar-refractivity contribution >= 4 is 34.4 Å². The molecular formula is C24H26ClNO5. The van der Waals surface area contributed by atoms with Crippen LogP contribution in [0.2, 0.25) is 5.02 Å². The van der Waals surface area contributed by atoms with Crippen molar-refractivity contribution in [2.75, 3.05) is 7.11 Å². The highest BCUT2D eigenvalue weighted by Crippen LogP contribution is 2.35. The molecule has 0 radical (unpaired) electrons. The van der Waals surface area contributed by atoms with Gasteiger partial charge in [-0.25, -0.2) is 9.78 Å². The van der Waals surface area contributed by atoms with Crippen LogP contribution >= 0.6 is 11.6 Å². The molecule has 1 aromatic heterocycles. The van der Waals surface area contributed by atoms with Gasteiger partial charge in [0, 0.05) is 10.4 Å². The fraction of sp³-hybridized carbons (Fsp3) is 0.292. The minimum Gasteiger partial charge on any atom is -0.481 e. The Kier molecular flexibility index (Phi) is 7.76. The van der Waals surface area contributed by atoms with Gasteiger partial charge < -0.3 is 14.9 Å². The number of benzene rings is 2. The predicted molar refractivity (Wildman–Crippen MR) is 122 cm³/mol. The quantitative estimate of drug-likeness (QED) is 0.547. The fourth-order valence-electron chi connectivity index (χ4n) is 2.99. The summed E-state index contributed by atoms with van der Waals surface area (Å²) in [5.74, 6) is -1.44. The molecule has 0 fully saturated rings. The van der Waals surface area contributed by atoms with E-state index in [9.17, 15) is 14.7 Å². The molecule has 0 bridgehead atoms. The number of fused-ring (bicyclic) bond motifs is 1. The first kappa shape index (κ1) is 24.3. The summed E-state index contributed by atoms with van der Waals surface area (Å²) in [4.78, 5) is 27.5. The molecule has 164 valence electrons. The van der Waals surface area contributed by atoms with Gasteiger partial charge in [0.2, 0.25) is 0 Å². The third kappa shape index (κ3) is 6.77. The maximum absolute atomic E-state index is 11.8. The number of esters is 1. The van der Waals surface area contributed by atoms with Crippen molar-refractivity contribution in [3.8, 4) is 11.1 Å². The smallest absolute Gasteiger partial charge is 0.356 e. The Labute approximate surface area is 186 Å². The highest BCUT2D eigenvalue weighted by Gasteiger charge is 2.18. The number of methoxy groups -OCH3 is 1. The van der Waals surface area contributed by atoms with E-state index < -0.39 is 17.5 Å². The molecule has 0 spiro atoms. The van der Waals surface area contributed by atoms with E-state index in [0.717, 1.165) is 22.1 Å². The lowest BCUT2D eigenvalue weighted by Gasteiger charge is -2.16. The Morgan fingerprint density at radius 1 is 1.10 bits per heavy atom. The minimum absolute atomic E-state index is 0.113. The van der Waals surface area contributed by atoms with Crippen LogP contribution in [0.1, 0.15) is 42.4 Å². The van der Waals surface area contributed by atoms with Gasteiger partial charge in [-0.15, -0.1) is 0 Å². The number of carboxylic acids is 1. The first-order valence-electron chi connectivity index (χ1n) is 9.62. The highest BCUT2D eigenvalue weighted by molar-refractivity contribution is 6.30. The van der Waals surface area contributed by atoms with Crippen molar-refractivity contribution in [3.63, 3.8) is 0 Å². The van der Waals surface area contributed by atoms with Gasteiger partial charge in [-0.3, -0.25) is 4.79 Å². The molecule has 0 aliphatic heterocycles. The SMILES string of the molecule is CC(C)(C)O.COC(=O)c1ccc2c(-c3ccc(Cl)cc3)c(CC(=O)O)c(C)cc2n1. The number of aryl methyl sites for hydroxylation is 1. The number of hydrogen-bond acceptors (Lipinski definition) is 5. The summed E-state index contributed by atoms with van der Waals surface area (Å²) in [5.41, 5.74) is 3.42. The number of aliphatic carboxylic acids is 1. The normalized spacial score (nSPS) is 10.9. The van der Waals surface area contributed by atoms with Gasteiger partial charge in [-0.2, -0.15) is 0 Å². The summed E-state index contributed by atoms with van der Waals surface area (Å²) in [6, 6.07) is 12.3. The van der Waals surface area contributed by atoms with Crippen LogP contribution in [-0.2, 0) is 16.0 Å². The third-order valence-corrected chi connectivity index (χ3v) is 4.43. The van der Waals surface area contributed by atoms with Crippen molar-refractivity contribution < 1.29 is 24.5 Å². The van der Waals surface area contributed by atoms with Crippen LogP contribution in [0.25, 0.3) is 22.0 Å². The van der Waals surface area contributed by atoms with Crippen molar-refractivity contribution in [3.05, 3.63) is 64.3 Å². The van der Waals surface area contributed by atoms with E-state index in [1.807, 2.05) is 19.1 Å². The summed E-state index contributed by atoms with van der Waals surface area (Å²) in [6.45, 7) is 7.07. The predicted octanol–water partition coefficient (Wildman–Crippen LogP) is 5.05. The second kappa shape index (κ2) is 9.90. The summed E-state index contributed by atoms with van der Waals surface area (Å²) < 4.78 is 4.73. The number of rotatable bonds is 4. The number of halogens is 1. The summed E-state index contributed by atoms with van der Waals surface area (Å²) >= 11 is 5.99. The van der Waals surface area contributed by atoms with E-state index in [-0.39, 0.29) is 12.1 Å². The first-order valence-corrected chi connectivity index (χ1v) is 10.00. The zero-order valence-electron chi connectivity index (χ0n) is 18.2. The van der Waals surface area contributed by atoms with Crippen LogP contribution in [0.4, 0.5) is 0 Å². The van der Waals surface area contributed by atoms with Gasteiger partial charge in [0.15, 0.2) is 0 Å². The molecular weight excluding hydrogens is 418 g/mol. The molecule has 0 unspecified atom stereocenters. The average Bonchev–Trinajstić information content (AvgIpc) is 2.67. The van der Waals surface area contributed by atoms with Crippen LogP contribution in [0, 0.1) is 6.92 Å². The lowest BCUT2D eigenvalue weighted by Crippen LogP contribution is -2.10. The Hall–Kier alpha value is -2.96. The van der Waals surface area contributed by atoms with Gasteiger partial charge in [-0.1, -0.05) is 23.7 Å². The number of ether oxygens (including phenoxy) is 1. The number of aliphatic hydroxyl groups is 1. The van der Waals surface area contributed by atoms with E-state index in [1.54, 1.807) is 51.1 Å². The van der Waals surface area contributed by atoms with Crippen molar-refractivity contribution in [2.24, 2.45) is 0 Å². The summed E-state index contributed by atoms with van der Waals surface area (Å²) in [5, 5.41) is 19.2. The largest absolute Gasteiger partial charge is 0.481 e. The zero-order valence-corrected chi connectivity index (χ0v) is 18.9. The molecule has 0 aliphatic carbocycles. The maximum Gasteiger partial charge on any atom is 0.356 e. The van der Waals surface area contributed by atoms with E-state index in [1.165, 1.54) is 7.11 Å². The molecule has 7 heteroatoms. The molecule has 2 N–H and O–H groups in total. The summed E-state index contributed by atoms with van der Waals surface area (Å²) in [6.07, 6.45) is -0.113. The molecule has 3 rings (SSSR count).